The topological polar surface area (TPSA) is 72.9 Å². The van der Waals surface area contributed by atoms with Crippen LogP contribution in [0.25, 0.3) is 5.69 Å². The molecule has 0 amide bonds. The van der Waals surface area contributed by atoms with E-state index < -0.39 is 0 Å². The maximum Gasteiger partial charge on any atom is 0.250 e. The van der Waals surface area contributed by atoms with E-state index >= 15 is 0 Å². The van der Waals surface area contributed by atoms with Gasteiger partial charge in [-0.3, -0.25) is 0 Å². The minimum Gasteiger partial charge on any atom is -0.338 e. The van der Waals surface area contributed by atoms with Gasteiger partial charge in [-0.25, -0.2) is 0 Å². The normalized spacial score (nSPS) is 23.6. The number of anilines is 1. The van der Waals surface area contributed by atoms with E-state index in [4.69, 9.17) is 5.73 Å². The van der Waals surface area contributed by atoms with Gasteiger partial charge in [0.15, 0.2) is 0 Å². The highest BCUT2D eigenvalue weighted by atomic mass is 15.6. The Hall–Kier alpha value is -1.95. The fourth-order valence-electron chi connectivity index (χ4n) is 2.68. The molecule has 0 saturated carbocycles. The monoisotopic (exact) mass is 258 g/mol. The van der Waals surface area contributed by atoms with Crippen molar-refractivity contribution in [3.8, 4) is 5.69 Å². The summed E-state index contributed by atoms with van der Waals surface area (Å²) in [7, 11) is 0. The van der Waals surface area contributed by atoms with E-state index in [0.717, 1.165) is 31.1 Å². The number of piperidine rings is 1. The maximum atomic E-state index is 6.09. The third-order valence-corrected chi connectivity index (χ3v) is 3.43. The second kappa shape index (κ2) is 4.97. The largest absolute Gasteiger partial charge is 0.338 e. The summed E-state index contributed by atoms with van der Waals surface area (Å²) in [5.74, 6) is 1.33. The fourth-order valence-corrected chi connectivity index (χ4v) is 2.68. The molecule has 6 heteroatoms. The van der Waals surface area contributed by atoms with Crippen molar-refractivity contribution in [1.82, 2.24) is 20.2 Å². The molecule has 2 heterocycles. The van der Waals surface area contributed by atoms with E-state index in [9.17, 15) is 0 Å². The van der Waals surface area contributed by atoms with Crippen LogP contribution in [0.2, 0.25) is 0 Å². The van der Waals surface area contributed by atoms with Gasteiger partial charge < -0.3 is 10.6 Å². The Morgan fingerprint density at radius 1 is 1.21 bits per heavy atom. The van der Waals surface area contributed by atoms with Gasteiger partial charge in [0.1, 0.15) is 0 Å². The van der Waals surface area contributed by atoms with Crippen LogP contribution in [0.3, 0.4) is 0 Å². The van der Waals surface area contributed by atoms with Crippen molar-refractivity contribution in [2.45, 2.75) is 19.4 Å². The molecule has 2 unspecified atom stereocenters. The highest BCUT2D eigenvalue weighted by Gasteiger charge is 2.26. The second-order valence-electron chi connectivity index (χ2n) is 5.23. The molecule has 6 nitrogen and oxygen atoms in total. The van der Waals surface area contributed by atoms with Crippen LogP contribution in [-0.4, -0.2) is 39.3 Å². The van der Waals surface area contributed by atoms with Crippen molar-refractivity contribution in [3.05, 3.63) is 30.3 Å². The maximum absolute atomic E-state index is 6.09. The molecule has 1 aliphatic rings. The number of rotatable bonds is 2. The number of aromatic nitrogens is 4. The quantitative estimate of drug-likeness (QED) is 0.864. The summed E-state index contributed by atoms with van der Waals surface area (Å²) in [6, 6.07) is 10.1. The summed E-state index contributed by atoms with van der Waals surface area (Å²) in [6.07, 6.45) is 1.06. The van der Waals surface area contributed by atoms with Crippen molar-refractivity contribution >= 4 is 5.95 Å². The first kappa shape index (κ1) is 12.1. The van der Waals surface area contributed by atoms with Crippen LogP contribution < -0.4 is 10.6 Å². The van der Waals surface area contributed by atoms with Gasteiger partial charge in [-0.05, 0) is 34.9 Å². The molecule has 0 bridgehead atoms. The lowest BCUT2D eigenvalue weighted by Crippen LogP contribution is -2.47. The number of para-hydroxylation sites is 1. The number of tetrazole rings is 1. The number of benzene rings is 1. The van der Waals surface area contributed by atoms with E-state index in [2.05, 4.69) is 27.3 Å². The Balaban J connectivity index is 1.92. The number of nitrogens with two attached hydrogens (primary N) is 1. The molecule has 100 valence electrons. The SMILES string of the molecule is CC1CC(N)CN(c2nnnn2-c2ccccc2)C1. The predicted octanol–water partition coefficient (Wildman–Crippen LogP) is 0.836. The number of hydrogen-bond acceptors (Lipinski definition) is 5. The van der Waals surface area contributed by atoms with Crippen molar-refractivity contribution in [2.24, 2.45) is 11.7 Å². The van der Waals surface area contributed by atoms with Crippen LogP contribution in [0.15, 0.2) is 30.3 Å². The molecule has 2 atom stereocenters. The average molecular weight is 258 g/mol. The van der Waals surface area contributed by atoms with E-state index in [1.807, 2.05) is 30.3 Å². The lowest BCUT2D eigenvalue weighted by molar-refractivity contribution is 0.396. The van der Waals surface area contributed by atoms with Crippen LogP contribution >= 0.6 is 0 Å². The first-order valence-electron chi connectivity index (χ1n) is 6.58. The molecule has 1 fully saturated rings. The molecule has 19 heavy (non-hydrogen) atoms. The third kappa shape index (κ3) is 2.44. The molecular formula is C13H18N6. The van der Waals surface area contributed by atoms with Crippen LogP contribution in [0, 0.1) is 5.92 Å². The Kier molecular flexibility index (Phi) is 3.16. The van der Waals surface area contributed by atoms with Crippen LogP contribution in [0.5, 0.6) is 0 Å². The predicted molar refractivity (Wildman–Crippen MR) is 73.1 cm³/mol. The molecule has 1 aromatic heterocycles. The molecule has 0 spiro atoms. The fraction of sp³-hybridized carbons (Fsp3) is 0.462. The van der Waals surface area contributed by atoms with Crippen LogP contribution in [-0.2, 0) is 0 Å². The van der Waals surface area contributed by atoms with Crippen molar-refractivity contribution in [3.63, 3.8) is 0 Å². The Bertz CT molecular complexity index is 527. The average Bonchev–Trinajstić information content (AvgIpc) is 2.88. The van der Waals surface area contributed by atoms with Crippen LogP contribution in [0.4, 0.5) is 5.95 Å². The van der Waals surface area contributed by atoms with E-state index in [-0.39, 0.29) is 6.04 Å². The lowest BCUT2D eigenvalue weighted by Gasteiger charge is -2.34. The Labute approximate surface area is 112 Å². The van der Waals surface area contributed by atoms with Crippen molar-refractivity contribution in [2.75, 3.05) is 18.0 Å². The minimum atomic E-state index is 0.185. The summed E-state index contributed by atoms with van der Waals surface area (Å²) in [6.45, 7) is 3.96. The Morgan fingerprint density at radius 3 is 2.74 bits per heavy atom. The molecule has 1 aliphatic heterocycles. The second-order valence-corrected chi connectivity index (χ2v) is 5.23. The third-order valence-electron chi connectivity index (χ3n) is 3.43. The van der Waals surface area contributed by atoms with E-state index in [1.165, 1.54) is 0 Å². The van der Waals surface area contributed by atoms with Gasteiger partial charge in [0.2, 0.25) is 5.95 Å². The molecule has 2 aromatic rings. The van der Waals surface area contributed by atoms with Gasteiger partial charge in [-0.1, -0.05) is 30.2 Å². The standard InChI is InChI=1S/C13H18N6/c1-10-7-11(14)9-18(8-10)13-15-16-17-19(13)12-5-3-2-4-6-12/h2-6,10-11H,7-9,14H2,1H3. The number of hydrogen-bond donors (Lipinski definition) is 1. The molecular weight excluding hydrogens is 240 g/mol. The minimum absolute atomic E-state index is 0.185. The first-order chi connectivity index (χ1) is 9.24. The van der Waals surface area contributed by atoms with E-state index in [0.29, 0.717) is 5.92 Å². The van der Waals surface area contributed by atoms with Gasteiger partial charge in [0.25, 0.3) is 0 Å². The smallest absolute Gasteiger partial charge is 0.250 e. The molecule has 1 saturated heterocycles. The molecule has 2 N–H and O–H groups in total. The van der Waals surface area contributed by atoms with Gasteiger partial charge in [0, 0.05) is 19.1 Å². The van der Waals surface area contributed by atoms with Gasteiger partial charge in [0.05, 0.1) is 5.69 Å². The number of nitrogens with zero attached hydrogens (tertiary/aromatic N) is 5. The van der Waals surface area contributed by atoms with E-state index in [1.54, 1.807) is 4.68 Å². The summed E-state index contributed by atoms with van der Waals surface area (Å²) < 4.78 is 1.77. The zero-order valence-corrected chi connectivity index (χ0v) is 11.0. The van der Waals surface area contributed by atoms with Crippen molar-refractivity contribution in [1.29, 1.82) is 0 Å². The highest BCUT2D eigenvalue weighted by Crippen LogP contribution is 2.22. The molecule has 3 rings (SSSR count). The van der Waals surface area contributed by atoms with Crippen LogP contribution in [0.1, 0.15) is 13.3 Å². The molecule has 1 aromatic carbocycles. The summed E-state index contributed by atoms with van der Waals surface area (Å²) >= 11 is 0. The summed E-state index contributed by atoms with van der Waals surface area (Å²) in [5, 5.41) is 12.0. The summed E-state index contributed by atoms with van der Waals surface area (Å²) in [4.78, 5) is 2.17. The van der Waals surface area contributed by atoms with Crippen molar-refractivity contribution < 1.29 is 0 Å². The summed E-state index contributed by atoms with van der Waals surface area (Å²) in [5.41, 5.74) is 7.06. The lowest BCUT2D eigenvalue weighted by atomic mass is 9.97. The first-order valence-corrected chi connectivity index (χ1v) is 6.58. The zero-order valence-electron chi connectivity index (χ0n) is 11.0. The molecule has 0 aliphatic carbocycles. The zero-order chi connectivity index (χ0) is 13.2. The highest BCUT2D eigenvalue weighted by molar-refractivity contribution is 5.41. The Morgan fingerprint density at radius 2 is 2.00 bits per heavy atom. The van der Waals surface area contributed by atoms with Gasteiger partial charge in [-0.15, -0.1) is 0 Å². The van der Waals surface area contributed by atoms with Gasteiger partial charge in [-0.2, -0.15) is 4.68 Å². The van der Waals surface area contributed by atoms with Gasteiger partial charge >= 0.3 is 0 Å². The molecule has 0 radical (unpaired) electrons.